The third-order valence-electron chi connectivity index (χ3n) is 5.04. The first-order valence-corrected chi connectivity index (χ1v) is 9.98. The molecule has 1 aliphatic rings. The number of fused-ring (bicyclic) bond motifs is 1. The number of nitrogens with one attached hydrogen (secondary N) is 1. The third-order valence-corrected chi connectivity index (χ3v) is 5.04. The summed E-state index contributed by atoms with van der Waals surface area (Å²) in [6.45, 7) is 5.40. The summed E-state index contributed by atoms with van der Waals surface area (Å²) >= 11 is 0. The molecule has 4 rings (SSSR count). The number of amides is 1. The van der Waals surface area contributed by atoms with Crippen LogP contribution in [0.5, 0.6) is 11.5 Å². The second-order valence-corrected chi connectivity index (χ2v) is 8.44. The summed E-state index contributed by atoms with van der Waals surface area (Å²) in [5.74, 6) is 0.685. The monoisotopic (exact) mass is 416 g/mol. The number of hydrogen-bond donors (Lipinski definition) is 3. The van der Waals surface area contributed by atoms with Gasteiger partial charge in [0, 0.05) is 5.56 Å². The van der Waals surface area contributed by atoms with E-state index in [-0.39, 0.29) is 11.5 Å². The fourth-order valence-corrected chi connectivity index (χ4v) is 3.80. The summed E-state index contributed by atoms with van der Waals surface area (Å²) < 4.78 is 5.43. The predicted molar refractivity (Wildman–Crippen MR) is 118 cm³/mol. The van der Waals surface area contributed by atoms with Gasteiger partial charge in [0.2, 0.25) is 0 Å². The highest BCUT2D eigenvalue weighted by atomic mass is 16.6. The Bertz CT molecular complexity index is 1100. The Morgan fingerprint density at radius 1 is 0.871 bits per heavy atom. The van der Waals surface area contributed by atoms with Crippen LogP contribution in [-0.4, -0.2) is 27.7 Å². The van der Waals surface area contributed by atoms with Crippen LogP contribution in [0.25, 0.3) is 0 Å². The molecule has 6 heteroatoms. The molecule has 0 saturated heterocycles. The minimum atomic E-state index is -0.970. The quantitative estimate of drug-likeness (QED) is 0.566. The molecule has 0 aliphatic carbocycles. The van der Waals surface area contributed by atoms with E-state index in [4.69, 9.17) is 9.73 Å². The molecule has 31 heavy (non-hydrogen) atoms. The van der Waals surface area contributed by atoms with E-state index >= 15 is 0 Å². The van der Waals surface area contributed by atoms with Crippen molar-refractivity contribution in [1.29, 1.82) is 0 Å². The number of amidine groups is 1. The Balaban J connectivity index is 1.91. The molecule has 0 saturated carbocycles. The van der Waals surface area contributed by atoms with Crippen LogP contribution < -0.4 is 5.32 Å². The van der Waals surface area contributed by atoms with Gasteiger partial charge in [-0.2, -0.15) is 0 Å². The Kier molecular flexibility index (Phi) is 4.93. The van der Waals surface area contributed by atoms with Gasteiger partial charge in [-0.3, -0.25) is 5.32 Å². The van der Waals surface area contributed by atoms with E-state index in [1.165, 1.54) is 0 Å². The largest absolute Gasteiger partial charge is 0.508 e. The van der Waals surface area contributed by atoms with Crippen molar-refractivity contribution in [3.63, 3.8) is 0 Å². The maximum Gasteiger partial charge on any atom is 0.413 e. The molecule has 0 atom stereocenters. The minimum absolute atomic E-state index is 0.145. The highest BCUT2D eigenvalue weighted by Gasteiger charge is 2.43. The van der Waals surface area contributed by atoms with Gasteiger partial charge < -0.3 is 14.9 Å². The molecule has 158 valence electrons. The van der Waals surface area contributed by atoms with E-state index in [1.807, 2.05) is 24.3 Å². The van der Waals surface area contributed by atoms with Gasteiger partial charge in [-0.1, -0.05) is 48.5 Å². The second kappa shape index (κ2) is 7.47. The first kappa shape index (κ1) is 20.5. The van der Waals surface area contributed by atoms with Crippen LogP contribution in [0.3, 0.4) is 0 Å². The van der Waals surface area contributed by atoms with Crippen LogP contribution in [0.1, 0.15) is 43.0 Å². The Hall–Kier alpha value is -3.80. The Morgan fingerprint density at radius 2 is 1.39 bits per heavy atom. The van der Waals surface area contributed by atoms with E-state index in [9.17, 15) is 15.0 Å². The highest BCUT2D eigenvalue weighted by Crippen LogP contribution is 2.46. The van der Waals surface area contributed by atoms with Crippen molar-refractivity contribution >= 4 is 11.9 Å². The van der Waals surface area contributed by atoms with Crippen LogP contribution in [0.4, 0.5) is 4.79 Å². The molecule has 0 fully saturated rings. The zero-order chi connectivity index (χ0) is 22.2. The number of phenols is 2. The molecule has 3 aromatic rings. The molecule has 1 aliphatic heterocycles. The first-order valence-electron chi connectivity index (χ1n) is 9.98. The van der Waals surface area contributed by atoms with E-state index in [1.54, 1.807) is 69.3 Å². The lowest BCUT2D eigenvalue weighted by molar-refractivity contribution is 0.0563. The molecule has 0 radical (unpaired) electrons. The number of benzene rings is 3. The van der Waals surface area contributed by atoms with Crippen molar-refractivity contribution in [2.24, 2.45) is 4.99 Å². The molecule has 6 nitrogen and oxygen atoms in total. The van der Waals surface area contributed by atoms with Crippen molar-refractivity contribution in [2.45, 2.75) is 31.9 Å². The number of alkyl carbamates (subject to hydrolysis) is 1. The van der Waals surface area contributed by atoms with E-state index in [0.29, 0.717) is 5.84 Å². The minimum Gasteiger partial charge on any atom is -0.508 e. The summed E-state index contributed by atoms with van der Waals surface area (Å²) in [4.78, 5) is 17.5. The van der Waals surface area contributed by atoms with Crippen molar-refractivity contribution in [1.82, 2.24) is 5.32 Å². The molecular formula is C25H24N2O4. The lowest BCUT2D eigenvalue weighted by Crippen LogP contribution is -2.36. The molecule has 3 aromatic carbocycles. The molecule has 1 heterocycles. The van der Waals surface area contributed by atoms with Gasteiger partial charge in [-0.25, -0.2) is 9.79 Å². The number of aliphatic imine (C=N–C) groups is 1. The smallest absolute Gasteiger partial charge is 0.413 e. The molecule has 1 amide bonds. The van der Waals surface area contributed by atoms with Crippen LogP contribution in [-0.2, 0) is 10.3 Å². The van der Waals surface area contributed by atoms with Crippen molar-refractivity contribution in [3.8, 4) is 11.5 Å². The average Bonchev–Trinajstić information content (AvgIpc) is 3.03. The van der Waals surface area contributed by atoms with Gasteiger partial charge in [0.15, 0.2) is 0 Å². The van der Waals surface area contributed by atoms with Crippen molar-refractivity contribution < 1.29 is 19.7 Å². The van der Waals surface area contributed by atoms with Gasteiger partial charge in [-0.05, 0) is 61.7 Å². The molecule has 0 bridgehead atoms. The number of carbonyl (C=O) groups is 1. The maximum absolute atomic E-state index is 12.5. The summed E-state index contributed by atoms with van der Waals surface area (Å²) in [6.07, 6.45) is -0.590. The first-order chi connectivity index (χ1) is 14.7. The van der Waals surface area contributed by atoms with Gasteiger partial charge in [-0.15, -0.1) is 0 Å². The summed E-state index contributed by atoms with van der Waals surface area (Å²) in [6, 6.07) is 21.3. The highest BCUT2D eigenvalue weighted by molar-refractivity contribution is 6.10. The Morgan fingerprint density at radius 3 is 1.90 bits per heavy atom. The van der Waals surface area contributed by atoms with Gasteiger partial charge >= 0.3 is 6.09 Å². The average molecular weight is 416 g/mol. The molecule has 0 spiro atoms. The van der Waals surface area contributed by atoms with Gasteiger partial charge in [0.05, 0.1) is 0 Å². The number of carbonyl (C=O) groups excluding carboxylic acids is 1. The van der Waals surface area contributed by atoms with Crippen LogP contribution in [0.15, 0.2) is 77.8 Å². The third kappa shape index (κ3) is 3.84. The van der Waals surface area contributed by atoms with Crippen LogP contribution in [0.2, 0.25) is 0 Å². The van der Waals surface area contributed by atoms with E-state index < -0.39 is 17.2 Å². The number of nitrogens with zero attached hydrogens (tertiary/aromatic N) is 1. The van der Waals surface area contributed by atoms with Crippen molar-refractivity contribution in [3.05, 3.63) is 95.1 Å². The fourth-order valence-electron chi connectivity index (χ4n) is 3.80. The lowest BCUT2D eigenvalue weighted by Gasteiger charge is -2.29. The molecule has 0 aromatic heterocycles. The summed E-state index contributed by atoms with van der Waals surface area (Å²) in [7, 11) is 0. The van der Waals surface area contributed by atoms with Crippen LogP contribution in [0, 0.1) is 0 Å². The predicted octanol–water partition coefficient (Wildman–Crippen LogP) is 4.67. The van der Waals surface area contributed by atoms with E-state index in [2.05, 4.69) is 5.32 Å². The van der Waals surface area contributed by atoms with E-state index in [0.717, 1.165) is 22.3 Å². The molecular weight excluding hydrogens is 392 g/mol. The number of aromatic hydroxyl groups is 2. The van der Waals surface area contributed by atoms with Gasteiger partial charge in [0.25, 0.3) is 0 Å². The lowest BCUT2D eigenvalue weighted by atomic mass is 9.77. The summed E-state index contributed by atoms with van der Waals surface area (Å²) in [5, 5.41) is 22.4. The molecule has 3 N–H and O–H groups in total. The van der Waals surface area contributed by atoms with Crippen molar-refractivity contribution in [2.75, 3.05) is 0 Å². The standard InChI is InChI=1S/C25H24N2O4/c1-24(2,3)31-23(30)26-22-20-6-4-5-7-21(20)25(27-22,16-8-12-18(28)13-9-16)17-10-14-19(29)15-11-17/h4-15,28-29H,1-3H3,(H,26,27,30). The number of hydrogen-bond acceptors (Lipinski definition) is 5. The fraction of sp³-hybridized carbons (Fsp3) is 0.200. The Labute approximate surface area is 180 Å². The normalized spacial score (nSPS) is 14.5. The number of ether oxygens (including phenoxy) is 1. The SMILES string of the molecule is CC(C)(C)OC(=O)NC1=NC(c2ccc(O)cc2)(c2ccc(O)cc2)c2ccccc21. The topological polar surface area (TPSA) is 91.2 Å². The number of phenolic OH excluding ortho intramolecular Hbond substituents is 2. The zero-order valence-electron chi connectivity index (χ0n) is 17.6. The van der Waals surface area contributed by atoms with Gasteiger partial charge in [0.1, 0.15) is 28.5 Å². The van der Waals surface area contributed by atoms with Crippen LogP contribution >= 0.6 is 0 Å². The maximum atomic E-state index is 12.5. The zero-order valence-corrected chi connectivity index (χ0v) is 17.6. The summed E-state index contributed by atoms with van der Waals surface area (Å²) in [5.41, 5.74) is 1.65. The second-order valence-electron chi connectivity index (χ2n) is 8.44. The molecule has 0 unspecified atom stereocenters. The number of rotatable bonds is 2.